The number of amidine groups is 1. The second-order valence-corrected chi connectivity index (χ2v) is 13.1. The van der Waals surface area contributed by atoms with Gasteiger partial charge in [-0.1, -0.05) is 158 Å². The summed E-state index contributed by atoms with van der Waals surface area (Å²) in [4.78, 5) is 10.5. The number of aliphatic imine (C=N–C) groups is 2. The predicted octanol–water partition coefficient (Wildman–Crippen LogP) is 11.5. The van der Waals surface area contributed by atoms with Gasteiger partial charge >= 0.3 is 0 Å². The van der Waals surface area contributed by atoms with Crippen LogP contribution in [0.25, 0.3) is 75.7 Å². The highest BCUT2D eigenvalue weighted by atomic mass is 15.1. The van der Waals surface area contributed by atoms with Crippen LogP contribution >= 0.6 is 0 Å². The minimum atomic E-state index is -0.599. The molecule has 0 aliphatic carbocycles. The standard InChI is InChI=1S/C47H32N4/c48-46(31-15-2-1-3-16-31)50-47(41-28-32-17-5-6-18-33(32)35-20-8-9-21-36(35)41)49-29-51-42-25-13-12-24-40(42)44-43-34-19-7-4-14-30(34)26-27-38(43)37-22-10-11-23-39(37)45(44)51/h1-29,46H,48H2/b49-29+,50-47-. The Labute approximate surface area is 294 Å². The van der Waals surface area contributed by atoms with Gasteiger partial charge in [0.15, 0.2) is 5.84 Å². The molecule has 0 fully saturated rings. The zero-order valence-corrected chi connectivity index (χ0v) is 27.7. The van der Waals surface area contributed by atoms with Crippen molar-refractivity contribution in [2.45, 2.75) is 6.17 Å². The molecule has 0 radical (unpaired) electrons. The Morgan fingerprint density at radius 3 is 1.86 bits per heavy atom. The van der Waals surface area contributed by atoms with Crippen molar-refractivity contribution in [2.75, 3.05) is 0 Å². The first-order valence-corrected chi connectivity index (χ1v) is 17.3. The molecule has 2 N–H and O–H groups in total. The number of benzene rings is 9. The molecule has 0 aliphatic rings. The molecular formula is C47H32N4. The fourth-order valence-electron chi connectivity index (χ4n) is 7.97. The first kappa shape index (κ1) is 29.3. The van der Waals surface area contributed by atoms with E-state index in [1.165, 1.54) is 48.5 Å². The quantitative estimate of drug-likeness (QED) is 0.115. The molecule has 9 aromatic carbocycles. The van der Waals surface area contributed by atoms with Gasteiger partial charge in [-0.25, -0.2) is 9.98 Å². The minimum Gasteiger partial charge on any atom is -0.306 e. The zero-order valence-electron chi connectivity index (χ0n) is 27.7. The van der Waals surface area contributed by atoms with Crippen molar-refractivity contribution in [3.05, 3.63) is 181 Å². The molecule has 4 heteroatoms. The number of nitrogens with zero attached hydrogens (tertiary/aromatic N) is 3. The Morgan fingerprint density at radius 2 is 1.08 bits per heavy atom. The molecule has 0 amide bonds. The molecule has 0 bridgehead atoms. The van der Waals surface area contributed by atoms with Crippen LogP contribution in [0.2, 0.25) is 0 Å². The Hall–Kier alpha value is -6.62. The summed E-state index contributed by atoms with van der Waals surface area (Å²) in [6, 6.07) is 59.8. The number of nitrogens with two attached hydrogens (primary N) is 1. The molecule has 51 heavy (non-hydrogen) atoms. The van der Waals surface area contributed by atoms with Crippen molar-refractivity contribution in [1.82, 2.24) is 4.57 Å². The lowest BCUT2D eigenvalue weighted by molar-refractivity contribution is 0.775. The summed E-state index contributed by atoms with van der Waals surface area (Å²) >= 11 is 0. The van der Waals surface area contributed by atoms with Crippen LogP contribution in [0.3, 0.4) is 0 Å². The van der Waals surface area contributed by atoms with Gasteiger partial charge in [-0.15, -0.1) is 0 Å². The molecule has 10 rings (SSSR count). The van der Waals surface area contributed by atoms with Crippen molar-refractivity contribution in [2.24, 2.45) is 15.7 Å². The molecule has 1 heterocycles. The number of fused-ring (bicyclic) bond motifs is 13. The molecule has 0 aliphatic heterocycles. The SMILES string of the molecule is NC(/N=C(\N=C\n1c2ccccc2c2c3c4ccccc4ccc3c3ccccc3c21)c1cc2ccccc2c2ccccc12)c1ccccc1. The second kappa shape index (κ2) is 11.8. The van der Waals surface area contributed by atoms with Gasteiger partial charge in [0.2, 0.25) is 0 Å². The van der Waals surface area contributed by atoms with E-state index in [1.807, 2.05) is 36.7 Å². The number of hydrogen-bond acceptors (Lipinski definition) is 2. The van der Waals surface area contributed by atoms with Gasteiger partial charge in [0, 0.05) is 27.1 Å². The van der Waals surface area contributed by atoms with Crippen LogP contribution < -0.4 is 5.73 Å². The summed E-state index contributed by atoms with van der Waals surface area (Å²) in [6.07, 6.45) is 1.35. The number of rotatable bonds is 4. The van der Waals surface area contributed by atoms with Crippen molar-refractivity contribution in [3.8, 4) is 0 Å². The van der Waals surface area contributed by atoms with E-state index in [0.717, 1.165) is 38.3 Å². The molecule has 240 valence electrons. The number of para-hydroxylation sites is 1. The molecule has 0 spiro atoms. The maximum atomic E-state index is 6.84. The molecule has 0 saturated heterocycles. The fraction of sp³-hybridized carbons (Fsp3) is 0.0213. The highest BCUT2D eigenvalue weighted by Gasteiger charge is 2.19. The van der Waals surface area contributed by atoms with Crippen molar-refractivity contribution in [3.63, 3.8) is 0 Å². The lowest BCUT2D eigenvalue weighted by Crippen LogP contribution is -2.12. The van der Waals surface area contributed by atoms with Crippen molar-refractivity contribution >= 4 is 87.8 Å². The Balaban J connectivity index is 1.30. The first-order chi connectivity index (χ1) is 25.2. The average Bonchev–Trinajstić information content (AvgIpc) is 3.53. The van der Waals surface area contributed by atoms with Crippen LogP contribution in [-0.4, -0.2) is 16.7 Å². The summed E-state index contributed by atoms with van der Waals surface area (Å²) in [6.45, 7) is 0. The molecule has 4 nitrogen and oxygen atoms in total. The summed E-state index contributed by atoms with van der Waals surface area (Å²) in [5.74, 6) is 0.579. The summed E-state index contributed by atoms with van der Waals surface area (Å²) in [5, 5.41) is 14.3. The third kappa shape index (κ3) is 4.65. The second-order valence-electron chi connectivity index (χ2n) is 13.1. The molecular weight excluding hydrogens is 621 g/mol. The van der Waals surface area contributed by atoms with Gasteiger partial charge in [0.05, 0.1) is 11.0 Å². The normalized spacial score (nSPS) is 13.2. The molecule has 1 unspecified atom stereocenters. The monoisotopic (exact) mass is 652 g/mol. The van der Waals surface area contributed by atoms with Gasteiger partial charge < -0.3 is 5.73 Å². The highest BCUT2D eigenvalue weighted by Crippen LogP contribution is 2.43. The molecule has 1 atom stereocenters. The van der Waals surface area contributed by atoms with Gasteiger partial charge in [-0.3, -0.25) is 4.57 Å². The maximum absolute atomic E-state index is 6.84. The third-order valence-corrected chi connectivity index (χ3v) is 10.3. The largest absolute Gasteiger partial charge is 0.306 e. The average molecular weight is 653 g/mol. The zero-order chi connectivity index (χ0) is 33.9. The Bertz CT molecular complexity index is 3040. The highest BCUT2D eigenvalue weighted by molar-refractivity contribution is 6.37. The van der Waals surface area contributed by atoms with Gasteiger partial charge in [0.1, 0.15) is 12.5 Å². The Kier molecular flexibility index (Phi) is 6.76. The van der Waals surface area contributed by atoms with Crippen LogP contribution in [0.15, 0.2) is 180 Å². The van der Waals surface area contributed by atoms with Crippen LogP contribution in [0.4, 0.5) is 0 Å². The van der Waals surface area contributed by atoms with E-state index in [-0.39, 0.29) is 0 Å². The Morgan fingerprint density at radius 1 is 0.490 bits per heavy atom. The van der Waals surface area contributed by atoms with Gasteiger partial charge in [-0.2, -0.15) is 0 Å². The van der Waals surface area contributed by atoms with Gasteiger partial charge in [-0.05, 0) is 60.8 Å². The summed E-state index contributed by atoms with van der Waals surface area (Å²) in [7, 11) is 0. The minimum absolute atomic E-state index is 0.579. The van der Waals surface area contributed by atoms with Crippen molar-refractivity contribution < 1.29 is 0 Å². The van der Waals surface area contributed by atoms with E-state index >= 15 is 0 Å². The first-order valence-electron chi connectivity index (χ1n) is 17.3. The third-order valence-electron chi connectivity index (χ3n) is 10.3. The summed E-state index contributed by atoms with van der Waals surface area (Å²) in [5.41, 5.74) is 10.9. The van der Waals surface area contributed by atoms with Crippen LogP contribution in [-0.2, 0) is 0 Å². The lowest BCUT2D eigenvalue weighted by atomic mass is 9.93. The fourth-order valence-corrected chi connectivity index (χ4v) is 7.97. The lowest BCUT2D eigenvalue weighted by Gasteiger charge is -2.14. The van der Waals surface area contributed by atoms with Crippen LogP contribution in [0, 0.1) is 0 Å². The van der Waals surface area contributed by atoms with Crippen LogP contribution in [0.1, 0.15) is 17.3 Å². The smallest absolute Gasteiger partial charge is 0.158 e. The van der Waals surface area contributed by atoms with Gasteiger partial charge in [0.25, 0.3) is 0 Å². The van der Waals surface area contributed by atoms with E-state index < -0.39 is 6.17 Å². The van der Waals surface area contributed by atoms with Crippen LogP contribution in [0.5, 0.6) is 0 Å². The van der Waals surface area contributed by atoms with E-state index in [4.69, 9.17) is 15.7 Å². The van der Waals surface area contributed by atoms with E-state index in [1.54, 1.807) is 0 Å². The molecule has 10 aromatic rings. The summed E-state index contributed by atoms with van der Waals surface area (Å²) < 4.78 is 2.25. The van der Waals surface area contributed by atoms with E-state index in [0.29, 0.717) is 5.84 Å². The van der Waals surface area contributed by atoms with E-state index in [9.17, 15) is 0 Å². The topological polar surface area (TPSA) is 55.7 Å². The predicted molar refractivity (Wildman–Crippen MR) is 217 cm³/mol. The maximum Gasteiger partial charge on any atom is 0.158 e. The number of hydrogen-bond donors (Lipinski definition) is 1. The molecule has 1 aromatic heterocycles. The van der Waals surface area contributed by atoms with Crippen molar-refractivity contribution in [1.29, 1.82) is 0 Å². The number of aromatic nitrogens is 1. The van der Waals surface area contributed by atoms with E-state index in [2.05, 4.69) is 144 Å². The molecule has 0 saturated carbocycles.